The molecule has 1 saturated heterocycles. The van der Waals surface area contributed by atoms with Gasteiger partial charge in [0, 0.05) is 30.5 Å². The number of para-hydroxylation sites is 1. The molecule has 1 unspecified atom stereocenters. The smallest absolute Gasteiger partial charge is 0.331 e. The second-order valence-corrected chi connectivity index (χ2v) is 9.06. The Balaban J connectivity index is 1.31. The number of carbonyl (C=O) groups is 2. The highest BCUT2D eigenvalue weighted by atomic mass is 32.1. The molecular formula is C21H21N3O3S2. The summed E-state index contributed by atoms with van der Waals surface area (Å²) in [5.74, 6) is -0.473. The molecule has 29 heavy (non-hydrogen) atoms. The standard InChI is InChI=1S/C21H21N3O3S2/c1-14-22-16(13-28-14)8-9-20(26)27-12-19(25)24-10-4-5-15(11-24)21-23-17-6-2-3-7-18(17)29-21/h2-3,6-9,13,15H,4-5,10-12H2,1H3/b9-8+. The predicted molar refractivity (Wildman–Crippen MR) is 115 cm³/mol. The Morgan fingerprint density at radius 3 is 2.97 bits per heavy atom. The molecule has 0 N–H and O–H groups in total. The van der Waals surface area contributed by atoms with Crippen LogP contribution >= 0.6 is 22.7 Å². The summed E-state index contributed by atoms with van der Waals surface area (Å²) in [6.07, 6.45) is 4.84. The zero-order valence-electron chi connectivity index (χ0n) is 16.0. The van der Waals surface area contributed by atoms with Crippen LogP contribution in [0.2, 0.25) is 0 Å². The SMILES string of the molecule is Cc1nc(/C=C/C(=O)OCC(=O)N2CCCC(c3nc4ccccc4s3)C2)cs1. The van der Waals surface area contributed by atoms with E-state index < -0.39 is 5.97 Å². The number of ether oxygens (including phenoxy) is 1. The van der Waals surface area contributed by atoms with Gasteiger partial charge in [0.1, 0.15) is 0 Å². The first-order valence-electron chi connectivity index (χ1n) is 9.49. The fourth-order valence-electron chi connectivity index (χ4n) is 3.35. The Bertz CT molecular complexity index is 1020. The quantitative estimate of drug-likeness (QED) is 0.454. The fourth-order valence-corrected chi connectivity index (χ4v) is 5.03. The Morgan fingerprint density at radius 2 is 2.17 bits per heavy atom. The lowest BCUT2D eigenvalue weighted by Gasteiger charge is -2.31. The molecule has 0 saturated carbocycles. The summed E-state index contributed by atoms with van der Waals surface area (Å²) in [4.78, 5) is 35.2. The van der Waals surface area contributed by atoms with Crippen molar-refractivity contribution in [3.8, 4) is 0 Å². The molecule has 1 aliphatic heterocycles. The largest absolute Gasteiger partial charge is 0.452 e. The minimum absolute atomic E-state index is 0.165. The van der Waals surface area contributed by atoms with E-state index in [0.29, 0.717) is 18.8 Å². The minimum atomic E-state index is -0.538. The summed E-state index contributed by atoms with van der Waals surface area (Å²) < 4.78 is 6.29. The number of amides is 1. The second kappa shape index (κ2) is 8.84. The van der Waals surface area contributed by atoms with E-state index >= 15 is 0 Å². The van der Waals surface area contributed by atoms with Crippen LogP contribution in [0.1, 0.15) is 34.5 Å². The number of hydrogen-bond donors (Lipinski definition) is 0. The van der Waals surface area contributed by atoms with E-state index in [1.807, 2.05) is 30.5 Å². The third kappa shape index (κ3) is 4.89. The molecule has 3 heterocycles. The van der Waals surface area contributed by atoms with Crippen LogP contribution < -0.4 is 0 Å². The van der Waals surface area contributed by atoms with E-state index in [-0.39, 0.29) is 18.4 Å². The van der Waals surface area contributed by atoms with Crippen molar-refractivity contribution >= 4 is 50.8 Å². The van der Waals surface area contributed by atoms with Crippen molar-refractivity contribution in [2.24, 2.45) is 0 Å². The summed E-state index contributed by atoms with van der Waals surface area (Å²) in [5.41, 5.74) is 1.72. The van der Waals surface area contributed by atoms with Gasteiger partial charge in [-0.1, -0.05) is 12.1 Å². The normalized spacial score (nSPS) is 17.1. The number of piperidine rings is 1. The third-order valence-corrected chi connectivity index (χ3v) is 6.79. The van der Waals surface area contributed by atoms with Gasteiger partial charge in [0.25, 0.3) is 5.91 Å². The van der Waals surface area contributed by atoms with Crippen molar-refractivity contribution in [1.29, 1.82) is 0 Å². The molecular weight excluding hydrogens is 406 g/mol. The summed E-state index contributed by atoms with van der Waals surface area (Å²) in [6.45, 7) is 2.96. The topological polar surface area (TPSA) is 72.4 Å². The fraction of sp³-hybridized carbons (Fsp3) is 0.333. The van der Waals surface area contributed by atoms with E-state index in [2.05, 4.69) is 11.1 Å². The van der Waals surface area contributed by atoms with Gasteiger partial charge in [0.15, 0.2) is 6.61 Å². The number of likely N-dealkylation sites (tertiary alicyclic amines) is 1. The minimum Gasteiger partial charge on any atom is -0.452 e. The highest BCUT2D eigenvalue weighted by Crippen LogP contribution is 2.32. The van der Waals surface area contributed by atoms with Gasteiger partial charge in [-0.2, -0.15) is 0 Å². The van der Waals surface area contributed by atoms with Gasteiger partial charge in [-0.15, -0.1) is 22.7 Å². The molecule has 0 spiro atoms. The Hall–Kier alpha value is -2.58. The van der Waals surface area contributed by atoms with Gasteiger partial charge < -0.3 is 9.64 Å². The highest BCUT2D eigenvalue weighted by Gasteiger charge is 2.27. The van der Waals surface area contributed by atoms with Crippen molar-refractivity contribution in [3.63, 3.8) is 0 Å². The number of aromatic nitrogens is 2. The first-order valence-corrected chi connectivity index (χ1v) is 11.2. The maximum atomic E-state index is 12.5. The van der Waals surface area contributed by atoms with E-state index in [4.69, 9.17) is 9.72 Å². The zero-order valence-corrected chi connectivity index (χ0v) is 17.7. The van der Waals surface area contributed by atoms with E-state index in [1.165, 1.54) is 22.1 Å². The van der Waals surface area contributed by atoms with Crippen molar-refractivity contribution in [3.05, 3.63) is 51.4 Å². The molecule has 1 aromatic carbocycles. The number of thiazole rings is 2. The number of fused-ring (bicyclic) bond motifs is 1. The number of nitrogens with zero attached hydrogens (tertiary/aromatic N) is 3. The average Bonchev–Trinajstić information content (AvgIpc) is 3.36. The molecule has 6 nitrogen and oxygen atoms in total. The molecule has 0 radical (unpaired) electrons. The first-order chi connectivity index (χ1) is 14.1. The molecule has 8 heteroatoms. The molecule has 0 bridgehead atoms. The van der Waals surface area contributed by atoms with Gasteiger partial charge in [0.05, 0.1) is 25.9 Å². The number of hydrogen-bond acceptors (Lipinski definition) is 7. The average molecular weight is 428 g/mol. The zero-order chi connectivity index (χ0) is 20.2. The van der Waals surface area contributed by atoms with Crippen LogP contribution in [0.4, 0.5) is 0 Å². The molecule has 150 valence electrons. The van der Waals surface area contributed by atoms with Crippen molar-refractivity contribution in [1.82, 2.24) is 14.9 Å². The van der Waals surface area contributed by atoms with Crippen LogP contribution in [0, 0.1) is 6.92 Å². The molecule has 0 aliphatic carbocycles. The van der Waals surface area contributed by atoms with Crippen LogP contribution in [-0.2, 0) is 14.3 Å². The number of benzene rings is 1. The van der Waals surface area contributed by atoms with Gasteiger partial charge in [0.2, 0.25) is 0 Å². The van der Waals surface area contributed by atoms with Gasteiger partial charge in [-0.3, -0.25) is 4.79 Å². The van der Waals surface area contributed by atoms with Gasteiger partial charge in [-0.05, 0) is 38.0 Å². The summed E-state index contributed by atoms with van der Waals surface area (Å²) >= 11 is 3.21. The second-order valence-electron chi connectivity index (χ2n) is 6.93. The monoisotopic (exact) mass is 427 g/mol. The lowest BCUT2D eigenvalue weighted by atomic mass is 9.99. The van der Waals surface area contributed by atoms with Crippen LogP contribution in [-0.4, -0.2) is 46.4 Å². The molecule has 1 aliphatic rings. The summed E-state index contributed by atoms with van der Waals surface area (Å²) in [5, 5.41) is 3.86. The number of carbonyl (C=O) groups excluding carboxylic acids is 2. The van der Waals surface area contributed by atoms with Gasteiger partial charge in [-0.25, -0.2) is 14.8 Å². The lowest BCUT2D eigenvalue weighted by Crippen LogP contribution is -2.41. The summed E-state index contributed by atoms with van der Waals surface area (Å²) in [6, 6.07) is 8.09. The van der Waals surface area contributed by atoms with Crippen LogP contribution in [0.5, 0.6) is 0 Å². The maximum absolute atomic E-state index is 12.5. The molecule has 4 rings (SSSR count). The lowest BCUT2D eigenvalue weighted by molar-refractivity contribution is -0.148. The van der Waals surface area contributed by atoms with E-state index in [0.717, 1.165) is 28.4 Å². The van der Waals surface area contributed by atoms with Crippen molar-refractivity contribution in [2.45, 2.75) is 25.7 Å². The number of esters is 1. The van der Waals surface area contributed by atoms with E-state index in [9.17, 15) is 9.59 Å². The predicted octanol–water partition coefficient (Wildman–Crippen LogP) is 4.02. The number of aryl methyl sites for hydroxylation is 1. The molecule has 2 aromatic heterocycles. The molecule has 1 fully saturated rings. The molecule has 3 aromatic rings. The van der Waals surface area contributed by atoms with Crippen molar-refractivity contribution < 1.29 is 14.3 Å². The third-order valence-electron chi connectivity index (χ3n) is 4.80. The Labute approximate surface area is 176 Å². The van der Waals surface area contributed by atoms with E-state index in [1.54, 1.807) is 22.3 Å². The number of rotatable bonds is 5. The van der Waals surface area contributed by atoms with Crippen LogP contribution in [0.3, 0.4) is 0 Å². The summed E-state index contributed by atoms with van der Waals surface area (Å²) in [7, 11) is 0. The van der Waals surface area contributed by atoms with Gasteiger partial charge >= 0.3 is 5.97 Å². The Kier molecular flexibility index (Phi) is 6.01. The Morgan fingerprint density at radius 1 is 1.31 bits per heavy atom. The highest BCUT2D eigenvalue weighted by molar-refractivity contribution is 7.18. The molecule has 1 atom stereocenters. The van der Waals surface area contributed by atoms with Crippen LogP contribution in [0.25, 0.3) is 16.3 Å². The molecule has 1 amide bonds. The maximum Gasteiger partial charge on any atom is 0.331 e. The van der Waals surface area contributed by atoms with Crippen LogP contribution in [0.15, 0.2) is 35.7 Å². The first kappa shape index (κ1) is 19.7. The van der Waals surface area contributed by atoms with Crippen molar-refractivity contribution in [2.75, 3.05) is 19.7 Å².